The number of hydrogen-bond donors (Lipinski definition) is 0. The van der Waals surface area contributed by atoms with E-state index in [0.29, 0.717) is 22.4 Å². The van der Waals surface area contributed by atoms with Crippen LogP contribution in [-0.4, -0.2) is 26.0 Å². The van der Waals surface area contributed by atoms with E-state index in [-0.39, 0.29) is 18.2 Å². The van der Waals surface area contributed by atoms with Gasteiger partial charge < -0.3 is 9.47 Å². The maximum absolute atomic E-state index is 12.5. The van der Waals surface area contributed by atoms with Gasteiger partial charge in [-0.15, -0.1) is 0 Å². The first-order valence-electron chi connectivity index (χ1n) is 6.49. The predicted octanol–water partition coefficient (Wildman–Crippen LogP) is 2.64. The number of rotatable bonds is 5. The van der Waals surface area contributed by atoms with E-state index in [9.17, 15) is 9.59 Å². The van der Waals surface area contributed by atoms with Crippen molar-refractivity contribution < 1.29 is 19.1 Å². The first-order chi connectivity index (χ1) is 10.2. The molecule has 0 saturated carbocycles. The van der Waals surface area contributed by atoms with Gasteiger partial charge in [-0.25, -0.2) is 0 Å². The Morgan fingerprint density at radius 2 is 1.62 bits per heavy atom. The normalized spacial score (nSPS) is 10.0. The Labute approximate surface area is 123 Å². The molecule has 0 spiro atoms. The summed E-state index contributed by atoms with van der Waals surface area (Å²) in [5.41, 5.74) is 1.71. The van der Waals surface area contributed by atoms with E-state index in [4.69, 9.17) is 4.74 Å². The molecule has 0 aromatic heterocycles. The van der Waals surface area contributed by atoms with Crippen LogP contribution in [0.25, 0.3) is 0 Å². The van der Waals surface area contributed by atoms with Gasteiger partial charge in [-0.05, 0) is 29.8 Å². The molecule has 0 atom stereocenters. The third-order valence-electron chi connectivity index (χ3n) is 3.18. The monoisotopic (exact) mass is 284 g/mol. The van der Waals surface area contributed by atoms with Gasteiger partial charge in [0.05, 0.1) is 20.6 Å². The van der Waals surface area contributed by atoms with Crippen molar-refractivity contribution in [2.45, 2.75) is 6.42 Å². The van der Waals surface area contributed by atoms with Crippen molar-refractivity contribution >= 4 is 11.8 Å². The highest BCUT2D eigenvalue weighted by atomic mass is 16.5. The second-order valence-corrected chi connectivity index (χ2v) is 4.47. The number of ketones is 1. The quantitative estimate of drug-likeness (QED) is 0.625. The Bertz CT molecular complexity index is 644. The minimum Gasteiger partial charge on any atom is -0.497 e. The molecule has 4 heteroatoms. The van der Waals surface area contributed by atoms with Gasteiger partial charge in [0.15, 0.2) is 5.78 Å². The Kier molecular flexibility index (Phi) is 4.72. The molecule has 0 aliphatic heterocycles. The van der Waals surface area contributed by atoms with E-state index < -0.39 is 0 Å². The molecule has 0 fully saturated rings. The average Bonchev–Trinajstić information content (AvgIpc) is 2.54. The summed E-state index contributed by atoms with van der Waals surface area (Å²) in [6.45, 7) is 0. The van der Waals surface area contributed by atoms with E-state index in [1.54, 1.807) is 55.6 Å². The molecule has 4 nitrogen and oxygen atoms in total. The molecule has 0 N–H and O–H groups in total. The first-order valence-corrected chi connectivity index (χ1v) is 6.49. The zero-order valence-electron chi connectivity index (χ0n) is 12.0. The summed E-state index contributed by atoms with van der Waals surface area (Å²) in [6.07, 6.45) is 0.0779. The summed E-state index contributed by atoms with van der Waals surface area (Å²) in [4.78, 5) is 24.0. The van der Waals surface area contributed by atoms with Gasteiger partial charge in [-0.3, -0.25) is 9.59 Å². The lowest BCUT2D eigenvalue weighted by Crippen LogP contribution is -2.10. The smallest absolute Gasteiger partial charge is 0.310 e. The molecule has 0 radical (unpaired) electrons. The Hall–Kier alpha value is -2.62. The van der Waals surface area contributed by atoms with Crippen molar-refractivity contribution in [2.75, 3.05) is 14.2 Å². The summed E-state index contributed by atoms with van der Waals surface area (Å²) in [5.74, 6) is 0.191. The number of ether oxygens (including phenoxy) is 2. The fourth-order valence-electron chi connectivity index (χ4n) is 2.02. The van der Waals surface area contributed by atoms with Gasteiger partial charge in [0.2, 0.25) is 0 Å². The maximum Gasteiger partial charge on any atom is 0.310 e. The number of carbonyl (C=O) groups is 2. The third-order valence-corrected chi connectivity index (χ3v) is 3.18. The molecule has 0 aliphatic rings. The molecular formula is C17H16O4. The van der Waals surface area contributed by atoms with Crippen molar-refractivity contribution in [3.8, 4) is 5.75 Å². The summed E-state index contributed by atoms with van der Waals surface area (Å²) in [5, 5.41) is 0. The summed E-state index contributed by atoms with van der Waals surface area (Å²) in [6, 6.07) is 13.9. The predicted molar refractivity (Wildman–Crippen MR) is 78.6 cm³/mol. The molecule has 0 amide bonds. The topological polar surface area (TPSA) is 52.6 Å². The summed E-state index contributed by atoms with van der Waals surface area (Å²) < 4.78 is 9.73. The van der Waals surface area contributed by atoms with Gasteiger partial charge in [-0.1, -0.05) is 24.3 Å². The first kappa shape index (κ1) is 14.8. The van der Waals surface area contributed by atoms with E-state index >= 15 is 0 Å². The second-order valence-electron chi connectivity index (χ2n) is 4.47. The zero-order valence-corrected chi connectivity index (χ0v) is 12.0. The SMILES string of the molecule is COC(=O)Cc1ccccc1C(=O)c1ccc(OC)cc1. The van der Waals surface area contributed by atoms with Crippen LogP contribution in [0.1, 0.15) is 21.5 Å². The lowest BCUT2D eigenvalue weighted by molar-refractivity contribution is -0.139. The van der Waals surface area contributed by atoms with Crippen molar-refractivity contribution in [1.29, 1.82) is 0 Å². The van der Waals surface area contributed by atoms with Gasteiger partial charge in [0.25, 0.3) is 0 Å². The maximum atomic E-state index is 12.5. The fourth-order valence-corrected chi connectivity index (χ4v) is 2.02. The van der Waals surface area contributed by atoms with Crippen molar-refractivity contribution in [2.24, 2.45) is 0 Å². The average molecular weight is 284 g/mol. The zero-order chi connectivity index (χ0) is 15.2. The lowest BCUT2D eigenvalue weighted by atomic mass is 9.96. The minimum absolute atomic E-state index is 0.0779. The van der Waals surface area contributed by atoms with Crippen LogP contribution in [0, 0.1) is 0 Å². The van der Waals surface area contributed by atoms with E-state index in [0.717, 1.165) is 0 Å². The van der Waals surface area contributed by atoms with Crippen molar-refractivity contribution in [3.05, 3.63) is 65.2 Å². The number of carbonyl (C=O) groups excluding carboxylic acids is 2. The molecule has 0 unspecified atom stereocenters. The molecule has 108 valence electrons. The third kappa shape index (κ3) is 3.48. The highest BCUT2D eigenvalue weighted by Crippen LogP contribution is 2.18. The van der Waals surface area contributed by atoms with Crippen LogP contribution in [0.4, 0.5) is 0 Å². The van der Waals surface area contributed by atoms with E-state index in [2.05, 4.69) is 4.74 Å². The van der Waals surface area contributed by atoms with Gasteiger partial charge in [0, 0.05) is 11.1 Å². The van der Waals surface area contributed by atoms with Crippen LogP contribution in [0.15, 0.2) is 48.5 Å². The molecule has 2 aromatic carbocycles. The number of methoxy groups -OCH3 is 2. The summed E-state index contributed by atoms with van der Waals surface area (Å²) in [7, 11) is 2.90. The molecule has 0 aliphatic carbocycles. The van der Waals surface area contributed by atoms with E-state index in [1.807, 2.05) is 0 Å². The summed E-state index contributed by atoms with van der Waals surface area (Å²) >= 11 is 0. The number of benzene rings is 2. The largest absolute Gasteiger partial charge is 0.497 e. The fraction of sp³-hybridized carbons (Fsp3) is 0.176. The van der Waals surface area contributed by atoms with Crippen LogP contribution < -0.4 is 4.74 Å². The Balaban J connectivity index is 2.31. The number of hydrogen-bond acceptors (Lipinski definition) is 4. The lowest BCUT2D eigenvalue weighted by Gasteiger charge is -2.08. The molecule has 0 saturated heterocycles. The van der Waals surface area contributed by atoms with Crippen molar-refractivity contribution in [3.63, 3.8) is 0 Å². The van der Waals surface area contributed by atoms with Crippen LogP contribution in [0.3, 0.4) is 0 Å². The highest BCUT2D eigenvalue weighted by molar-refractivity contribution is 6.10. The van der Waals surface area contributed by atoms with Gasteiger partial charge in [0.1, 0.15) is 5.75 Å². The van der Waals surface area contributed by atoms with Gasteiger partial charge in [-0.2, -0.15) is 0 Å². The molecule has 0 bridgehead atoms. The molecule has 2 rings (SSSR count). The second kappa shape index (κ2) is 6.70. The van der Waals surface area contributed by atoms with Crippen LogP contribution in [-0.2, 0) is 16.0 Å². The van der Waals surface area contributed by atoms with Crippen LogP contribution in [0.2, 0.25) is 0 Å². The Morgan fingerprint density at radius 1 is 0.952 bits per heavy atom. The van der Waals surface area contributed by atoms with Crippen LogP contribution in [0.5, 0.6) is 5.75 Å². The minimum atomic E-state index is -0.370. The van der Waals surface area contributed by atoms with Gasteiger partial charge >= 0.3 is 5.97 Å². The number of esters is 1. The molecule has 21 heavy (non-hydrogen) atoms. The molecule has 0 heterocycles. The highest BCUT2D eigenvalue weighted by Gasteiger charge is 2.15. The molecule has 2 aromatic rings. The van der Waals surface area contributed by atoms with Crippen LogP contribution >= 0.6 is 0 Å². The van der Waals surface area contributed by atoms with Crippen molar-refractivity contribution in [1.82, 2.24) is 0 Å². The molecular weight excluding hydrogens is 268 g/mol. The standard InChI is InChI=1S/C17H16O4/c1-20-14-9-7-12(8-10-14)17(19)15-6-4-3-5-13(15)11-16(18)21-2/h3-10H,11H2,1-2H3. The van der Waals surface area contributed by atoms with E-state index in [1.165, 1.54) is 7.11 Å². The Morgan fingerprint density at radius 3 is 2.24 bits per heavy atom.